The normalized spacial score (nSPS) is 32.1. The number of hydrogen-bond donors (Lipinski definition) is 0. The zero-order valence-corrected chi connectivity index (χ0v) is 17.2. The minimum Gasteiger partial charge on any atom is -0.365 e. The molecule has 5 rings (SSSR count). The monoisotopic (exact) mass is 410 g/mol. The van der Waals surface area contributed by atoms with Gasteiger partial charge in [-0.1, -0.05) is 79.9 Å². The van der Waals surface area contributed by atoms with Gasteiger partial charge in [0.2, 0.25) is 0 Å². The smallest absolute Gasteiger partial charge is 0.187 e. The SMILES string of the molecule is c1ccc(CO[C@@H]2[C@@H](OC3CCCCC3)O[C@@H]3CO[C@@H](c4ccccc4)O[C@@H]23)cc1. The molecule has 2 heterocycles. The number of rotatable bonds is 6. The molecule has 2 aromatic rings. The Bertz CT molecular complexity index is 777. The van der Waals surface area contributed by atoms with Gasteiger partial charge in [-0.3, -0.25) is 0 Å². The Hall–Kier alpha value is -1.76. The van der Waals surface area contributed by atoms with Gasteiger partial charge >= 0.3 is 0 Å². The Kier molecular flexibility index (Phi) is 6.44. The third kappa shape index (κ3) is 4.61. The lowest BCUT2D eigenvalue weighted by Gasteiger charge is -2.34. The van der Waals surface area contributed by atoms with E-state index >= 15 is 0 Å². The quantitative estimate of drug-likeness (QED) is 0.687. The molecule has 0 aromatic heterocycles. The Morgan fingerprint density at radius 1 is 0.833 bits per heavy atom. The largest absolute Gasteiger partial charge is 0.365 e. The standard InChI is InChI=1S/C25H30O5/c1-4-10-18(11-5-1)16-26-23-22-21(29-25(23)28-20-14-8-3-9-15-20)17-27-24(30-22)19-12-6-2-7-13-19/h1-2,4-7,10-13,20-25H,3,8-9,14-17H2/t21-,22-,23+,24-,25+/m1/s1. The molecule has 0 radical (unpaired) electrons. The highest BCUT2D eigenvalue weighted by Gasteiger charge is 2.51. The minimum absolute atomic E-state index is 0.181. The summed E-state index contributed by atoms with van der Waals surface area (Å²) in [5.74, 6) is 0. The molecule has 3 fully saturated rings. The van der Waals surface area contributed by atoms with Crippen LogP contribution in [0.3, 0.4) is 0 Å². The van der Waals surface area contributed by atoms with Crippen LogP contribution in [0.15, 0.2) is 60.7 Å². The molecule has 2 aromatic carbocycles. The lowest BCUT2D eigenvalue weighted by molar-refractivity contribution is -0.256. The minimum atomic E-state index is -0.426. The van der Waals surface area contributed by atoms with Crippen LogP contribution in [-0.4, -0.2) is 37.3 Å². The van der Waals surface area contributed by atoms with Crippen LogP contribution < -0.4 is 0 Å². The van der Waals surface area contributed by atoms with Crippen molar-refractivity contribution in [3.63, 3.8) is 0 Å². The topological polar surface area (TPSA) is 46.2 Å². The molecule has 0 unspecified atom stereocenters. The van der Waals surface area contributed by atoms with Gasteiger partial charge in [-0.25, -0.2) is 0 Å². The molecule has 0 amide bonds. The molecular weight excluding hydrogens is 380 g/mol. The van der Waals surface area contributed by atoms with Crippen molar-refractivity contribution in [3.8, 4) is 0 Å². The molecular formula is C25H30O5. The van der Waals surface area contributed by atoms with E-state index in [0.717, 1.165) is 24.0 Å². The molecule has 2 saturated heterocycles. The van der Waals surface area contributed by atoms with E-state index in [4.69, 9.17) is 23.7 Å². The van der Waals surface area contributed by atoms with Crippen molar-refractivity contribution in [2.75, 3.05) is 6.61 Å². The summed E-state index contributed by atoms with van der Waals surface area (Å²) in [5, 5.41) is 0. The lowest BCUT2D eigenvalue weighted by Crippen LogP contribution is -2.44. The second kappa shape index (κ2) is 9.58. The van der Waals surface area contributed by atoms with Crippen molar-refractivity contribution >= 4 is 0 Å². The predicted molar refractivity (Wildman–Crippen MR) is 112 cm³/mol. The summed E-state index contributed by atoms with van der Waals surface area (Å²) in [4.78, 5) is 0. The summed E-state index contributed by atoms with van der Waals surface area (Å²) in [6.07, 6.45) is 4.61. The van der Waals surface area contributed by atoms with E-state index in [1.54, 1.807) is 0 Å². The van der Waals surface area contributed by atoms with Crippen LogP contribution in [0.25, 0.3) is 0 Å². The van der Waals surface area contributed by atoms with Crippen LogP contribution >= 0.6 is 0 Å². The van der Waals surface area contributed by atoms with Crippen molar-refractivity contribution in [2.45, 2.75) is 75.7 Å². The van der Waals surface area contributed by atoms with Gasteiger partial charge in [0.1, 0.15) is 18.3 Å². The first-order valence-corrected chi connectivity index (χ1v) is 11.2. The summed E-state index contributed by atoms with van der Waals surface area (Å²) in [5.41, 5.74) is 2.14. The molecule has 30 heavy (non-hydrogen) atoms. The van der Waals surface area contributed by atoms with Gasteiger partial charge in [0.15, 0.2) is 12.6 Å². The van der Waals surface area contributed by atoms with E-state index in [0.29, 0.717) is 13.2 Å². The zero-order chi connectivity index (χ0) is 20.2. The Balaban J connectivity index is 1.31. The molecule has 5 heteroatoms. The summed E-state index contributed by atoms with van der Waals surface area (Å²) in [7, 11) is 0. The van der Waals surface area contributed by atoms with Gasteiger partial charge in [0.25, 0.3) is 0 Å². The van der Waals surface area contributed by atoms with Gasteiger partial charge in [-0.15, -0.1) is 0 Å². The Morgan fingerprint density at radius 3 is 2.33 bits per heavy atom. The molecule has 5 nitrogen and oxygen atoms in total. The molecule has 1 aliphatic carbocycles. The molecule has 1 saturated carbocycles. The summed E-state index contributed by atoms with van der Waals surface area (Å²) in [6, 6.07) is 20.2. The van der Waals surface area contributed by atoms with E-state index in [1.807, 2.05) is 48.5 Å². The molecule has 160 valence electrons. The van der Waals surface area contributed by atoms with E-state index in [1.165, 1.54) is 19.3 Å². The predicted octanol–water partition coefficient (Wildman–Crippen LogP) is 4.76. The maximum Gasteiger partial charge on any atom is 0.187 e. The van der Waals surface area contributed by atoms with E-state index < -0.39 is 12.6 Å². The van der Waals surface area contributed by atoms with Crippen LogP contribution in [0, 0.1) is 0 Å². The van der Waals surface area contributed by atoms with Gasteiger partial charge in [0.05, 0.1) is 19.3 Å². The highest BCUT2D eigenvalue weighted by molar-refractivity contribution is 5.17. The number of hydrogen-bond acceptors (Lipinski definition) is 5. The van der Waals surface area contributed by atoms with Crippen molar-refractivity contribution in [2.24, 2.45) is 0 Å². The van der Waals surface area contributed by atoms with E-state index in [-0.39, 0.29) is 24.4 Å². The average Bonchev–Trinajstić information content (AvgIpc) is 3.15. The molecule has 5 atom stereocenters. The fourth-order valence-electron chi connectivity index (χ4n) is 4.58. The van der Waals surface area contributed by atoms with Crippen molar-refractivity contribution in [1.82, 2.24) is 0 Å². The number of ether oxygens (including phenoxy) is 5. The van der Waals surface area contributed by atoms with Crippen molar-refractivity contribution in [3.05, 3.63) is 71.8 Å². The molecule has 2 aliphatic heterocycles. The number of benzene rings is 2. The third-order valence-corrected chi connectivity index (χ3v) is 6.20. The maximum atomic E-state index is 6.40. The summed E-state index contributed by atoms with van der Waals surface area (Å²) < 4.78 is 31.4. The Morgan fingerprint density at radius 2 is 1.57 bits per heavy atom. The number of fused-ring (bicyclic) bond motifs is 1. The van der Waals surface area contributed by atoms with E-state index in [2.05, 4.69) is 12.1 Å². The van der Waals surface area contributed by atoms with Crippen molar-refractivity contribution in [1.29, 1.82) is 0 Å². The lowest BCUT2D eigenvalue weighted by atomic mass is 9.98. The van der Waals surface area contributed by atoms with Crippen LogP contribution in [0.1, 0.15) is 49.5 Å². The van der Waals surface area contributed by atoms with Crippen molar-refractivity contribution < 1.29 is 23.7 Å². The van der Waals surface area contributed by atoms with E-state index in [9.17, 15) is 0 Å². The second-order valence-electron chi connectivity index (χ2n) is 8.38. The molecule has 0 spiro atoms. The van der Waals surface area contributed by atoms with Gasteiger partial charge in [-0.2, -0.15) is 0 Å². The van der Waals surface area contributed by atoms with Gasteiger partial charge in [-0.05, 0) is 18.4 Å². The molecule has 3 aliphatic rings. The summed E-state index contributed by atoms with van der Waals surface area (Å²) in [6.45, 7) is 0.975. The van der Waals surface area contributed by atoms with Crippen LogP contribution in [0.2, 0.25) is 0 Å². The van der Waals surface area contributed by atoms with Crippen LogP contribution in [0.4, 0.5) is 0 Å². The van der Waals surface area contributed by atoms with Crippen LogP contribution in [0.5, 0.6) is 0 Å². The zero-order valence-electron chi connectivity index (χ0n) is 17.2. The second-order valence-corrected chi connectivity index (χ2v) is 8.38. The fraction of sp³-hybridized carbons (Fsp3) is 0.520. The first kappa shape index (κ1) is 20.2. The third-order valence-electron chi connectivity index (χ3n) is 6.20. The highest BCUT2D eigenvalue weighted by atomic mass is 16.8. The molecule has 0 N–H and O–H groups in total. The maximum absolute atomic E-state index is 6.40. The Labute approximate surface area is 178 Å². The first-order chi connectivity index (χ1) is 14.9. The summed E-state index contributed by atoms with van der Waals surface area (Å²) >= 11 is 0. The van der Waals surface area contributed by atoms with Gasteiger partial charge in [0, 0.05) is 5.56 Å². The first-order valence-electron chi connectivity index (χ1n) is 11.2. The highest BCUT2D eigenvalue weighted by Crippen LogP contribution is 2.38. The molecule has 0 bridgehead atoms. The van der Waals surface area contributed by atoms with Gasteiger partial charge < -0.3 is 23.7 Å². The van der Waals surface area contributed by atoms with Crippen LogP contribution in [-0.2, 0) is 30.3 Å². The fourth-order valence-corrected chi connectivity index (χ4v) is 4.58. The average molecular weight is 411 g/mol.